The van der Waals surface area contributed by atoms with Crippen LogP contribution in [0.15, 0.2) is 58.0 Å². The molecule has 0 saturated carbocycles. The van der Waals surface area contributed by atoms with Gasteiger partial charge in [0, 0.05) is 10.9 Å². The molecule has 0 aliphatic heterocycles. The highest BCUT2D eigenvalue weighted by molar-refractivity contribution is 5.99. The highest BCUT2D eigenvalue weighted by Gasteiger charge is 2.16. The maximum absolute atomic E-state index is 12.2. The van der Waals surface area contributed by atoms with Crippen LogP contribution in [0.3, 0.4) is 0 Å². The number of aryl methyl sites for hydroxylation is 2. The molecule has 1 heterocycles. The van der Waals surface area contributed by atoms with Gasteiger partial charge in [0.15, 0.2) is 5.76 Å². The third-order valence-corrected chi connectivity index (χ3v) is 3.82. The molecule has 3 aromatic rings. The zero-order valence-electron chi connectivity index (χ0n) is 13.2. The van der Waals surface area contributed by atoms with Crippen molar-refractivity contribution in [2.45, 2.75) is 20.3 Å². The van der Waals surface area contributed by atoms with Gasteiger partial charge < -0.3 is 4.42 Å². The number of nitrogens with one attached hydrogen (secondary N) is 1. The topological polar surface area (TPSA) is 54.6 Å². The van der Waals surface area contributed by atoms with Crippen LogP contribution in [0.1, 0.15) is 34.2 Å². The van der Waals surface area contributed by atoms with Crippen LogP contribution in [0.2, 0.25) is 0 Å². The Labute approximate surface area is 134 Å². The van der Waals surface area contributed by atoms with Gasteiger partial charge in [0.1, 0.15) is 5.58 Å². The first-order chi connectivity index (χ1) is 11.2. The second kappa shape index (κ2) is 6.48. The maximum atomic E-state index is 12.2. The van der Waals surface area contributed by atoms with Gasteiger partial charge in [-0.15, -0.1) is 0 Å². The van der Waals surface area contributed by atoms with E-state index < -0.39 is 0 Å². The van der Waals surface area contributed by atoms with Crippen molar-refractivity contribution in [3.63, 3.8) is 0 Å². The fourth-order valence-corrected chi connectivity index (χ4v) is 2.45. The summed E-state index contributed by atoms with van der Waals surface area (Å²) in [4.78, 5) is 12.2. The van der Waals surface area contributed by atoms with Gasteiger partial charge in [0.2, 0.25) is 0 Å². The van der Waals surface area contributed by atoms with Crippen molar-refractivity contribution < 1.29 is 9.21 Å². The number of nitrogens with zero attached hydrogens (tertiary/aromatic N) is 1. The third-order valence-electron chi connectivity index (χ3n) is 3.82. The number of carbonyl (C=O) groups excluding carboxylic acids is 1. The zero-order valence-corrected chi connectivity index (χ0v) is 13.2. The number of rotatable bonds is 4. The lowest BCUT2D eigenvalue weighted by Crippen LogP contribution is -2.17. The molecule has 4 heteroatoms. The van der Waals surface area contributed by atoms with Gasteiger partial charge in [0.05, 0.1) is 6.21 Å². The zero-order chi connectivity index (χ0) is 16.2. The van der Waals surface area contributed by atoms with E-state index >= 15 is 0 Å². The number of para-hydroxylation sites is 1. The second-order valence-electron chi connectivity index (χ2n) is 5.35. The van der Waals surface area contributed by atoms with Gasteiger partial charge in [-0.3, -0.25) is 4.79 Å². The molecule has 1 N–H and O–H groups in total. The average Bonchev–Trinajstić information content (AvgIpc) is 2.93. The van der Waals surface area contributed by atoms with Crippen molar-refractivity contribution in [2.24, 2.45) is 5.10 Å². The summed E-state index contributed by atoms with van der Waals surface area (Å²) in [7, 11) is 0. The number of hydrogen-bond acceptors (Lipinski definition) is 3. The van der Waals surface area contributed by atoms with Crippen molar-refractivity contribution in [2.75, 3.05) is 0 Å². The molecule has 1 aromatic heterocycles. The van der Waals surface area contributed by atoms with Gasteiger partial charge in [0.25, 0.3) is 0 Å². The molecule has 0 atom stereocenters. The van der Waals surface area contributed by atoms with E-state index in [-0.39, 0.29) is 5.91 Å². The van der Waals surface area contributed by atoms with Crippen LogP contribution in [-0.2, 0) is 6.42 Å². The molecule has 0 aliphatic carbocycles. The van der Waals surface area contributed by atoms with Crippen LogP contribution in [0.5, 0.6) is 0 Å². The molecule has 3 rings (SSSR count). The van der Waals surface area contributed by atoms with Crippen LogP contribution in [0.4, 0.5) is 0 Å². The van der Waals surface area contributed by atoms with Gasteiger partial charge in [-0.25, -0.2) is 5.43 Å². The number of carbonyl (C=O) groups is 1. The van der Waals surface area contributed by atoms with Gasteiger partial charge in [-0.1, -0.05) is 49.4 Å². The fraction of sp³-hybridized carbons (Fsp3) is 0.158. The van der Waals surface area contributed by atoms with Crippen LogP contribution >= 0.6 is 0 Å². The number of fused-ring (bicyclic) bond motifs is 1. The summed E-state index contributed by atoms with van der Waals surface area (Å²) in [5.74, 6) is -0.0511. The molecule has 0 aliphatic rings. The molecule has 0 saturated heterocycles. The smallest absolute Gasteiger partial charge is 0.307 e. The molecule has 0 fully saturated rings. The first kappa shape index (κ1) is 15.0. The summed E-state index contributed by atoms with van der Waals surface area (Å²) in [6, 6.07) is 15.6. The lowest BCUT2D eigenvalue weighted by Gasteiger charge is -1.98. The third kappa shape index (κ3) is 3.16. The molecule has 1 amide bonds. The summed E-state index contributed by atoms with van der Waals surface area (Å²) >= 11 is 0. The summed E-state index contributed by atoms with van der Waals surface area (Å²) in [6.07, 6.45) is 2.62. The van der Waals surface area contributed by atoms with Crippen LogP contribution in [0, 0.1) is 6.92 Å². The Balaban J connectivity index is 1.72. The van der Waals surface area contributed by atoms with Crippen molar-refractivity contribution in [1.82, 2.24) is 5.43 Å². The average molecular weight is 306 g/mol. The minimum Gasteiger partial charge on any atom is -0.451 e. The minimum absolute atomic E-state index is 0.296. The Morgan fingerprint density at radius 1 is 1.17 bits per heavy atom. The first-order valence-corrected chi connectivity index (χ1v) is 7.59. The summed E-state index contributed by atoms with van der Waals surface area (Å²) in [5.41, 5.74) is 6.24. The minimum atomic E-state index is -0.347. The Morgan fingerprint density at radius 3 is 2.61 bits per heavy atom. The largest absolute Gasteiger partial charge is 0.451 e. The molecule has 23 heavy (non-hydrogen) atoms. The van der Waals surface area contributed by atoms with Gasteiger partial charge in [-0.2, -0.15) is 5.10 Å². The number of furan rings is 1. The van der Waals surface area contributed by atoms with E-state index in [2.05, 4.69) is 17.5 Å². The monoisotopic (exact) mass is 306 g/mol. The Kier molecular flexibility index (Phi) is 4.24. The molecule has 2 aromatic carbocycles. The highest BCUT2D eigenvalue weighted by atomic mass is 16.3. The fourth-order valence-electron chi connectivity index (χ4n) is 2.45. The highest BCUT2D eigenvalue weighted by Crippen LogP contribution is 2.24. The van der Waals surface area contributed by atoms with Crippen LogP contribution in [0.25, 0.3) is 11.0 Å². The number of hydrogen-bond donors (Lipinski definition) is 1. The van der Waals surface area contributed by atoms with Crippen molar-refractivity contribution in [3.8, 4) is 0 Å². The molecular formula is C19H18N2O2. The molecule has 0 spiro atoms. The van der Waals surface area contributed by atoms with E-state index in [0.717, 1.165) is 22.9 Å². The molecule has 4 nitrogen and oxygen atoms in total. The lowest BCUT2D eigenvalue weighted by atomic mass is 10.1. The number of hydrazone groups is 1. The van der Waals surface area contributed by atoms with E-state index in [1.807, 2.05) is 55.5 Å². The van der Waals surface area contributed by atoms with E-state index in [1.54, 1.807) is 6.21 Å². The molecule has 0 radical (unpaired) electrons. The normalized spacial score (nSPS) is 11.2. The van der Waals surface area contributed by atoms with Crippen molar-refractivity contribution in [1.29, 1.82) is 0 Å². The van der Waals surface area contributed by atoms with E-state index in [1.165, 1.54) is 5.56 Å². The Morgan fingerprint density at radius 2 is 1.91 bits per heavy atom. The first-order valence-electron chi connectivity index (χ1n) is 7.59. The van der Waals surface area contributed by atoms with E-state index in [0.29, 0.717) is 11.3 Å². The predicted octanol–water partition coefficient (Wildman–Crippen LogP) is 4.07. The maximum Gasteiger partial charge on any atom is 0.307 e. The molecule has 0 unspecified atom stereocenters. The van der Waals surface area contributed by atoms with Crippen molar-refractivity contribution >= 4 is 23.1 Å². The number of amides is 1. The van der Waals surface area contributed by atoms with Crippen molar-refractivity contribution in [3.05, 3.63) is 71.0 Å². The van der Waals surface area contributed by atoms with Crippen LogP contribution < -0.4 is 5.43 Å². The molecule has 0 bridgehead atoms. The number of benzene rings is 2. The summed E-state index contributed by atoms with van der Waals surface area (Å²) in [5, 5.41) is 4.94. The quantitative estimate of drug-likeness (QED) is 0.583. The second-order valence-corrected chi connectivity index (χ2v) is 5.35. The lowest BCUT2D eigenvalue weighted by molar-refractivity contribution is 0.0929. The SMILES string of the molecule is CCc1ccc(/C=N\NC(=O)c2oc3ccccc3c2C)cc1. The van der Waals surface area contributed by atoms with Crippen LogP contribution in [-0.4, -0.2) is 12.1 Å². The predicted molar refractivity (Wildman–Crippen MR) is 91.8 cm³/mol. The van der Waals surface area contributed by atoms with E-state index in [9.17, 15) is 4.79 Å². The molecule has 116 valence electrons. The summed E-state index contributed by atoms with van der Waals surface area (Å²) in [6.45, 7) is 3.98. The summed E-state index contributed by atoms with van der Waals surface area (Å²) < 4.78 is 5.61. The van der Waals surface area contributed by atoms with Gasteiger partial charge >= 0.3 is 5.91 Å². The molecular weight excluding hydrogens is 288 g/mol. The standard InChI is InChI=1S/C19H18N2O2/c1-3-14-8-10-15(11-9-14)12-20-21-19(22)18-13(2)16-6-4-5-7-17(16)23-18/h4-12H,3H2,1-2H3,(H,21,22)/b20-12-. The Hall–Kier alpha value is -2.88. The van der Waals surface area contributed by atoms with E-state index in [4.69, 9.17) is 4.42 Å². The Bertz CT molecular complexity index is 861. The van der Waals surface area contributed by atoms with Gasteiger partial charge in [-0.05, 0) is 30.5 Å².